The normalized spacial score (nSPS) is 10.7. The van der Waals surface area contributed by atoms with Crippen molar-refractivity contribution in [3.63, 3.8) is 0 Å². The quantitative estimate of drug-likeness (QED) is 0.499. The van der Waals surface area contributed by atoms with Crippen molar-refractivity contribution in [2.45, 2.75) is 6.42 Å². The Balaban J connectivity index is 1.38. The molecule has 1 N–H and O–H groups in total. The van der Waals surface area contributed by atoms with Gasteiger partial charge in [0.2, 0.25) is 11.7 Å². The van der Waals surface area contributed by atoms with E-state index >= 15 is 0 Å². The highest BCUT2D eigenvalue weighted by Gasteiger charge is 2.14. The molecule has 7 nitrogen and oxygen atoms in total. The molecule has 0 bridgehead atoms. The first kappa shape index (κ1) is 18.7. The monoisotopic (exact) mass is 403 g/mol. The van der Waals surface area contributed by atoms with E-state index in [2.05, 4.69) is 20.3 Å². The van der Waals surface area contributed by atoms with Crippen LogP contribution in [-0.4, -0.2) is 31.2 Å². The number of amides is 1. The van der Waals surface area contributed by atoms with Crippen molar-refractivity contribution in [2.24, 2.45) is 7.05 Å². The predicted octanol–water partition coefficient (Wildman–Crippen LogP) is 3.35. The van der Waals surface area contributed by atoms with Gasteiger partial charge < -0.3 is 9.88 Å². The molecule has 0 spiro atoms. The first-order chi connectivity index (χ1) is 14.1. The maximum atomic E-state index is 12.4. The van der Waals surface area contributed by atoms with Crippen molar-refractivity contribution in [2.75, 3.05) is 5.32 Å². The lowest BCUT2D eigenvalue weighted by Crippen LogP contribution is -2.15. The van der Waals surface area contributed by atoms with Crippen molar-refractivity contribution in [3.8, 4) is 10.6 Å². The van der Waals surface area contributed by atoms with E-state index in [1.54, 1.807) is 60.7 Å². The number of hydrogen-bond donors (Lipinski definition) is 1. The van der Waals surface area contributed by atoms with Gasteiger partial charge in [-0.15, -0.1) is 11.3 Å². The molecule has 144 valence electrons. The van der Waals surface area contributed by atoms with Crippen molar-refractivity contribution in [1.29, 1.82) is 0 Å². The topological polar surface area (TPSA) is 89.8 Å². The standard InChI is InChI=1S/C21H17N5O2S/c1-26-10-9-23-20(26)19(28)14-4-6-16(7-5-14)24-18(27)11-17-13-29-21(25-17)15-3-2-8-22-12-15/h2-10,12-13H,11H2,1H3,(H,24,27). The molecule has 29 heavy (non-hydrogen) atoms. The molecule has 0 saturated carbocycles. The van der Waals surface area contributed by atoms with E-state index in [4.69, 9.17) is 0 Å². The van der Waals surface area contributed by atoms with Crippen molar-refractivity contribution >= 4 is 28.7 Å². The average Bonchev–Trinajstić information content (AvgIpc) is 3.37. The Hall–Kier alpha value is -3.65. The summed E-state index contributed by atoms with van der Waals surface area (Å²) in [4.78, 5) is 37.4. The van der Waals surface area contributed by atoms with E-state index in [1.165, 1.54) is 11.3 Å². The number of imidazole rings is 1. The number of aryl methyl sites for hydroxylation is 1. The van der Waals surface area contributed by atoms with Crippen LogP contribution < -0.4 is 5.32 Å². The maximum absolute atomic E-state index is 12.4. The second kappa shape index (κ2) is 8.15. The fraction of sp³-hybridized carbons (Fsp3) is 0.0952. The zero-order chi connectivity index (χ0) is 20.2. The smallest absolute Gasteiger partial charge is 0.230 e. The molecule has 0 aliphatic carbocycles. The number of carbonyl (C=O) groups excluding carboxylic acids is 2. The Labute approximate surface area is 171 Å². The molecule has 3 heterocycles. The van der Waals surface area contributed by atoms with Crippen LogP contribution in [0, 0.1) is 0 Å². The summed E-state index contributed by atoms with van der Waals surface area (Å²) < 4.78 is 1.67. The number of hydrogen-bond acceptors (Lipinski definition) is 6. The van der Waals surface area contributed by atoms with Crippen LogP contribution in [0.2, 0.25) is 0 Å². The number of carbonyl (C=O) groups is 2. The molecule has 3 aromatic heterocycles. The molecule has 8 heteroatoms. The van der Waals surface area contributed by atoms with Gasteiger partial charge in [-0.3, -0.25) is 14.6 Å². The summed E-state index contributed by atoms with van der Waals surface area (Å²) in [6, 6.07) is 10.5. The Kier molecular flexibility index (Phi) is 5.26. The van der Waals surface area contributed by atoms with Gasteiger partial charge in [-0.1, -0.05) is 0 Å². The lowest BCUT2D eigenvalue weighted by atomic mass is 10.1. The van der Waals surface area contributed by atoms with E-state index < -0.39 is 0 Å². The number of nitrogens with one attached hydrogen (secondary N) is 1. The minimum Gasteiger partial charge on any atom is -0.331 e. The van der Waals surface area contributed by atoms with E-state index in [1.807, 2.05) is 17.5 Å². The highest BCUT2D eigenvalue weighted by atomic mass is 32.1. The van der Waals surface area contributed by atoms with E-state index in [0.717, 1.165) is 10.6 Å². The molecular weight excluding hydrogens is 386 g/mol. The van der Waals surface area contributed by atoms with Crippen LogP contribution in [-0.2, 0) is 18.3 Å². The van der Waals surface area contributed by atoms with Crippen LogP contribution in [0.3, 0.4) is 0 Å². The molecule has 4 aromatic rings. The van der Waals surface area contributed by atoms with Crippen LogP contribution in [0.15, 0.2) is 66.6 Å². The number of anilines is 1. The van der Waals surface area contributed by atoms with Gasteiger partial charge in [-0.25, -0.2) is 9.97 Å². The molecule has 1 amide bonds. The van der Waals surface area contributed by atoms with Gasteiger partial charge in [-0.05, 0) is 36.4 Å². The minimum absolute atomic E-state index is 0.166. The second-order valence-corrected chi connectivity index (χ2v) is 7.24. The highest BCUT2D eigenvalue weighted by molar-refractivity contribution is 7.13. The summed E-state index contributed by atoms with van der Waals surface area (Å²) in [6.45, 7) is 0. The van der Waals surface area contributed by atoms with E-state index in [-0.39, 0.29) is 18.1 Å². The fourth-order valence-corrected chi connectivity index (χ4v) is 3.61. The number of ketones is 1. The zero-order valence-electron chi connectivity index (χ0n) is 15.6. The minimum atomic E-state index is -0.170. The molecule has 0 saturated heterocycles. The fourth-order valence-electron chi connectivity index (χ4n) is 2.80. The van der Waals surface area contributed by atoms with E-state index in [0.29, 0.717) is 22.8 Å². The highest BCUT2D eigenvalue weighted by Crippen LogP contribution is 2.23. The lowest BCUT2D eigenvalue weighted by molar-refractivity contribution is -0.115. The van der Waals surface area contributed by atoms with Gasteiger partial charge in [0.25, 0.3) is 0 Å². The number of aromatic nitrogens is 4. The summed E-state index contributed by atoms with van der Waals surface area (Å²) in [5.41, 5.74) is 2.76. The number of rotatable bonds is 6. The van der Waals surface area contributed by atoms with Crippen LogP contribution in [0.4, 0.5) is 5.69 Å². The van der Waals surface area contributed by atoms with Crippen LogP contribution in [0.25, 0.3) is 10.6 Å². The van der Waals surface area contributed by atoms with Crippen molar-refractivity contribution in [3.05, 3.63) is 83.6 Å². The molecular formula is C21H17N5O2S. The lowest BCUT2D eigenvalue weighted by Gasteiger charge is -2.06. The summed E-state index contributed by atoms with van der Waals surface area (Å²) in [5, 5.41) is 5.54. The first-order valence-electron chi connectivity index (χ1n) is 8.87. The van der Waals surface area contributed by atoms with Crippen molar-refractivity contribution in [1.82, 2.24) is 19.5 Å². The van der Waals surface area contributed by atoms with Gasteiger partial charge in [0.05, 0.1) is 12.1 Å². The van der Waals surface area contributed by atoms with E-state index in [9.17, 15) is 9.59 Å². The summed E-state index contributed by atoms with van der Waals surface area (Å²) >= 11 is 1.48. The molecule has 0 fully saturated rings. The largest absolute Gasteiger partial charge is 0.331 e. The van der Waals surface area contributed by atoms with Crippen LogP contribution in [0.1, 0.15) is 21.9 Å². The third-order valence-electron chi connectivity index (χ3n) is 4.26. The Morgan fingerprint density at radius 2 is 1.97 bits per heavy atom. The van der Waals surface area contributed by atoms with Crippen LogP contribution in [0.5, 0.6) is 0 Å². The summed E-state index contributed by atoms with van der Waals surface area (Å²) in [6.07, 6.45) is 6.93. The maximum Gasteiger partial charge on any atom is 0.230 e. The van der Waals surface area contributed by atoms with Gasteiger partial charge in [0.15, 0.2) is 5.82 Å². The van der Waals surface area contributed by atoms with Crippen LogP contribution >= 0.6 is 11.3 Å². The molecule has 1 aromatic carbocycles. The predicted molar refractivity (Wildman–Crippen MR) is 111 cm³/mol. The molecule has 0 radical (unpaired) electrons. The van der Waals surface area contributed by atoms with Crippen molar-refractivity contribution < 1.29 is 9.59 Å². The third kappa shape index (κ3) is 4.27. The van der Waals surface area contributed by atoms with Gasteiger partial charge in [-0.2, -0.15) is 0 Å². The molecule has 0 aliphatic rings. The molecule has 4 rings (SSSR count). The van der Waals surface area contributed by atoms with Gasteiger partial charge in [0, 0.05) is 54.0 Å². The number of benzene rings is 1. The Bertz CT molecular complexity index is 1150. The molecule has 0 aliphatic heterocycles. The second-order valence-electron chi connectivity index (χ2n) is 6.38. The molecule has 0 atom stereocenters. The third-order valence-corrected chi connectivity index (χ3v) is 5.20. The average molecular weight is 403 g/mol. The number of pyridine rings is 1. The van der Waals surface area contributed by atoms with Gasteiger partial charge >= 0.3 is 0 Å². The first-order valence-corrected chi connectivity index (χ1v) is 9.75. The van der Waals surface area contributed by atoms with Gasteiger partial charge in [0.1, 0.15) is 5.01 Å². The Morgan fingerprint density at radius 1 is 1.14 bits per heavy atom. The SMILES string of the molecule is Cn1ccnc1C(=O)c1ccc(NC(=O)Cc2csc(-c3cccnc3)n2)cc1. The number of thiazole rings is 1. The Morgan fingerprint density at radius 3 is 2.66 bits per heavy atom. The summed E-state index contributed by atoms with van der Waals surface area (Å²) in [7, 11) is 1.77. The summed E-state index contributed by atoms with van der Waals surface area (Å²) in [5.74, 6) is 0.0340. The molecule has 0 unspecified atom stereocenters. The zero-order valence-corrected chi connectivity index (χ0v) is 16.4. The number of nitrogens with zero attached hydrogens (tertiary/aromatic N) is 4.